The van der Waals surface area contributed by atoms with Crippen molar-refractivity contribution in [1.82, 2.24) is 0 Å². The van der Waals surface area contributed by atoms with E-state index in [4.69, 9.17) is 0 Å². The molecule has 1 aromatic rings. The fourth-order valence-electron chi connectivity index (χ4n) is 3.69. The van der Waals surface area contributed by atoms with Crippen molar-refractivity contribution in [2.75, 3.05) is 6.26 Å². The molecule has 0 radical (unpaired) electrons. The summed E-state index contributed by atoms with van der Waals surface area (Å²) >= 11 is 0. The molecule has 4 atom stereocenters. The summed E-state index contributed by atoms with van der Waals surface area (Å²) in [6.07, 6.45) is 5.48. The van der Waals surface area contributed by atoms with E-state index < -0.39 is 21.7 Å². The van der Waals surface area contributed by atoms with Crippen LogP contribution in [0.2, 0.25) is 0 Å². The van der Waals surface area contributed by atoms with E-state index in [9.17, 15) is 18.3 Å². The van der Waals surface area contributed by atoms with Gasteiger partial charge in [-0.25, -0.2) is 8.42 Å². The second-order valence-electron chi connectivity index (χ2n) is 6.56. The number of carboxylic acid groups (broad SMARTS) is 1. The second-order valence-corrected chi connectivity index (χ2v) is 8.58. The number of benzene rings is 1. The van der Waals surface area contributed by atoms with Crippen molar-refractivity contribution in [2.45, 2.75) is 36.5 Å². The van der Waals surface area contributed by atoms with Gasteiger partial charge < -0.3 is 5.11 Å². The van der Waals surface area contributed by atoms with Crippen LogP contribution in [-0.2, 0) is 14.6 Å². The lowest BCUT2D eigenvalue weighted by atomic mass is 9.86. The lowest BCUT2D eigenvalue weighted by molar-refractivity contribution is -0.139. The van der Waals surface area contributed by atoms with Crippen LogP contribution in [0.25, 0.3) is 0 Å². The van der Waals surface area contributed by atoms with Crippen molar-refractivity contribution >= 4 is 15.8 Å². The molecule has 0 spiro atoms. The minimum absolute atomic E-state index is 0.234. The third-order valence-corrected chi connectivity index (χ3v) is 6.05. The van der Waals surface area contributed by atoms with Gasteiger partial charge in [0.15, 0.2) is 9.84 Å². The first-order chi connectivity index (χ1) is 9.84. The van der Waals surface area contributed by atoms with Gasteiger partial charge in [-0.2, -0.15) is 0 Å². The molecule has 0 bridgehead atoms. The van der Waals surface area contributed by atoms with E-state index in [0.717, 1.165) is 30.9 Å². The molecule has 1 unspecified atom stereocenters. The van der Waals surface area contributed by atoms with E-state index in [1.54, 1.807) is 12.1 Å². The van der Waals surface area contributed by atoms with Crippen LogP contribution in [-0.4, -0.2) is 25.7 Å². The Bertz CT molecular complexity index is 637. The molecule has 5 heteroatoms. The van der Waals surface area contributed by atoms with Gasteiger partial charge in [0.25, 0.3) is 0 Å². The molecule has 2 fully saturated rings. The number of fused-ring (bicyclic) bond motifs is 1. The van der Waals surface area contributed by atoms with E-state index in [2.05, 4.69) is 0 Å². The van der Waals surface area contributed by atoms with E-state index in [1.165, 1.54) is 18.6 Å². The van der Waals surface area contributed by atoms with Crippen LogP contribution >= 0.6 is 0 Å². The molecule has 0 amide bonds. The fraction of sp³-hybridized carbons (Fsp3) is 0.562. The first-order valence-electron chi connectivity index (χ1n) is 7.37. The Hall–Kier alpha value is -1.36. The average Bonchev–Trinajstić information content (AvgIpc) is 3.02. The average molecular weight is 308 g/mol. The number of aliphatic carboxylic acids is 1. The van der Waals surface area contributed by atoms with Crippen LogP contribution in [0.1, 0.15) is 37.2 Å². The lowest BCUT2D eigenvalue weighted by Crippen LogP contribution is -2.16. The summed E-state index contributed by atoms with van der Waals surface area (Å²) in [6, 6.07) is 6.30. The Balaban J connectivity index is 1.75. The maximum absolute atomic E-state index is 11.5. The van der Waals surface area contributed by atoms with Gasteiger partial charge in [0.1, 0.15) is 0 Å². The zero-order valence-corrected chi connectivity index (χ0v) is 12.8. The number of hydrogen-bond donors (Lipinski definition) is 1. The maximum Gasteiger partial charge on any atom is 0.310 e. The summed E-state index contributed by atoms with van der Waals surface area (Å²) in [5, 5.41) is 9.48. The number of rotatable bonds is 5. The fourth-order valence-corrected chi connectivity index (χ4v) is 4.32. The van der Waals surface area contributed by atoms with Crippen LogP contribution in [0, 0.1) is 17.8 Å². The predicted octanol–water partition coefficient (Wildman–Crippen LogP) is 2.69. The van der Waals surface area contributed by atoms with E-state index in [0.29, 0.717) is 17.9 Å². The summed E-state index contributed by atoms with van der Waals surface area (Å²) < 4.78 is 22.9. The predicted molar refractivity (Wildman–Crippen MR) is 78.9 cm³/mol. The SMILES string of the molecule is CS(=O)(=O)c1ccc([C@@H](CC2C[C@@H]3C[C@@H]3C2)C(=O)O)cc1. The molecule has 4 nitrogen and oxygen atoms in total. The molecule has 0 saturated heterocycles. The molecule has 2 aliphatic rings. The maximum atomic E-state index is 11.5. The van der Waals surface area contributed by atoms with Gasteiger partial charge in [0.05, 0.1) is 10.8 Å². The van der Waals surface area contributed by atoms with Crippen molar-refractivity contribution in [1.29, 1.82) is 0 Å². The van der Waals surface area contributed by atoms with Crippen molar-refractivity contribution in [3.63, 3.8) is 0 Å². The molecular weight excluding hydrogens is 288 g/mol. The highest BCUT2D eigenvalue weighted by molar-refractivity contribution is 7.90. The van der Waals surface area contributed by atoms with Gasteiger partial charge in [-0.1, -0.05) is 12.1 Å². The largest absolute Gasteiger partial charge is 0.481 e. The number of sulfone groups is 1. The van der Waals surface area contributed by atoms with Crippen molar-refractivity contribution in [2.24, 2.45) is 17.8 Å². The summed E-state index contributed by atoms with van der Waals surface area (Å²) in [5.74, 6) is 0.849. The minimum atomic E-state index is -3.24. The zero-order valence-electron chi connectivity index (χ0n) is 12.0. The van der Waals surface area contributed by atoms with Crippen LogP contribution in [0.4, 0.5) is 0 Å². The van der Waals surface area contributed by atoms with E-state index in [1.807, 2.05) is 0 Å². The topological polar surface area (TPSA) is 71.4 Å². The van der Waals surface area contributed by atoms with E-state index in [-0.39, 0.29) is 4.90 Å². The van der Waals surface area contributed by atoms with Crippen LogP contribution < -0.4 is 0 Å². The highest BCUT2D eigenvalue weighted by Gasteiger charge is 2.46. The van der Waals surface area contributed by atoms with Gasteiger partial charge in [-0.05, 0) is 61.1 Å². The molecule has 0 aromatic heterocycles. The van der Waals surface area contributed by atoms with Gasteiger partial charge in [-0.3, -0.25) is 4.79 Å². The molecule has 1 aromatic carbocycles. The summed E-state index contributed by atoms with van der Waals surface area (Å²) in [6.45, 7) is 0. The lowest BCUT2D eigenvalue weighted by Gasteiger charge is -2.18. The molecule has 2 saturated carbocycles. The molecule has 2 aliphatic carbocycles. The summed E-state index contributed by atoms with van der Waals surface area (Å²) in [4.78, 5) is 11.8. The number of hydrogen-bond acceptors (Lipinski definition) is 3. The van der Waals surface area contributed by atoms with Crippen molar-refractivity contribution in [3.05, 3.63) is 29.8 Å². The Morgan fingerprint density at radius 2 is 1.76 bits per heavy atom. The highest BCUT2D eigenvalue weighted by atomic mass is 32.2. The van der Waals surface area contributed by atoms with Crippen LogP contribution in [0.5, 0.6) is 0 Å². The Labute approximate surface area is 125 Å². The molecule has 1 N–H and O–H groups in total. The monoisotopic (exact) mass is 308 g/mol. The number of carbonyl (C=O) groups is 1. The standard InChI is InChI=1S/C16H20O4S/c1-21(19,20)14-4-2-11(3-5-14)15(16(17)18)8-10-6-12-9-13(12)7-10/h2-5,10,12-13,15H,6-9H2,1H3,(H,17,18)/t10?,12-,13+,15-/m1/s1. The minimum Gasteiger partial charge on any atom is -0.481 e. The smallest absolute Gasteiger partial charge is 0.310 e. The highest BCUT2D eigenvalue weighted by Crippen LogP contribution is 2.56. The molecule has 0 aliphatic heterocycles. The first kappa shape index (κ1) is 14.6. The van der Waals surface area contributed by atoms with Crippen molar-refractivity contribution in [3.8, 4) is 0 Å². The first-order valence-corrected chi connectivity index (χ1v) is 9.26. The Morgan fingerprint density at radius 3 is 2.24 bits per heavy atom. The normalized spacial score (nSPS) is 28.9. The van der Waals surface area contributed by atoms with E-state index >= 15 is 0 Å². The van der Waals surface area contributed by atoms with Crippen LogP contribution in [0.15, 0.2) is 29.2 Å². The Kier molecular flexibility index (Phi) is 3.56. The third-order valence-electron chi connectivity index (χ3n) is 4.92. The van der Waals surface area contributed by atoms with Crippen molar-refractivity contribution < 1.29 is 18.3 Å². The molecular formula is C16H20O4S. The third kappa shape index (κ3) is 3.12. The Morgan fingerprint density at radius 1 is 1.19 bits per heavy atom. The number of carboxylic acids is 1. The van der Waals surface area contributed by atoms with Gasteiger partial charge in [-0.15, -0.1) is 0 Å². The molecule has 3 rings (SSSR count). The van der Waals surface area contributed by atoms with Crippen LogP contribution in [0.3, 0.4) is 0 Å². The zero-order chi connectivity index (χ0) is 15.2. The molecule has 0 heterocycles. The summed E-state index contributed by atoms with van der Waals surface area (Å²) in [5.41, 5.74) is 0.704. The van der Waals surface area contributed by atoms with Gasteiger partial charge >= 0.3 is 5.97 Å². The van der Waals surface area contributed by atoms with Gasteiger partial charge in [0.2, 0.25) is 0 Å². The summed E-state index contributed by atoms with van der Waals surface area (Å²) in [7, 11) is -3.24. The molecule has 21 heavy (non-hydrogen) atoms. The van der Waals surface area contributed by atoms with Gasteiger partial charge in [0, 0.05) is 6.26 Å². The molecule has 114 valence electrons. The second kappa shape index (κ2) is 5.13. The quantitative estimate of drug-likeness (QED) is 0.908.